The standard InChI is InChI=1S/C20H22N4OS/c1-14(2)18(19(25)21-16-10-6-4-7-11-16)26-20-23-22-15(3)24(20)17-12-8-5-9-13-17/h4-14,18H,1-3H3,(H,21,25)/t18-/m0/s1. The Labute approximate surface area is 157 Å². The van der Waals surface area contributed by atoms with Gasteiger partial charge in [-0.05, 0) is 37.1 Å². The Hall–Kier alpha value is -2.60. The zero-order chi connectivity index (χ0) is 18.5. The van der Waals surface area contributed by atoms with E-state index in [1.54, 1.807) is 0 Å². The molecule has 0 unspecified atom stereocenters. The number of para-hydroxylation sites is 2. The van der Waals surface area contributed by atoms with Crippen LogP contribution in [0.4, 0.5) is 5.69 Å². The average molecular weight is 366 g/mol. The third-order valence-electron chi connectivity index (χ3n) is 3.95. The van der Waals surface area contributed by atoms with Crippen LogP contribution in [0.25, 0.3) is 5.69 Å². The molecular formula is C20H22N4OS. The molecule has 0 aliphatic carbocycles. The minimum atomic E-state index is -0.277. The van der Waals surface area contributed by atoms with E-state index in [0.717, 1.165) is 22.4 Å². The normalized spacial score (nSPS) is 12.2. The fourth-order valence-electron chi connectivity index (χ4n) is 2.63. The highest BCUT2D eigenvalue weighted by Gasteiger charge is 2.26. The van der Waals surface area contributed by atoms with Crippen molar-refractivity contribution in [1.82, 2.24) is 14.8 Å². The minimum absolute atomic E-state index is 0.0311. The number of hydrogen-bond acceptors (Lipinski definition) is 4. The van der Waals surface area contributed by atoms with Crippen LogP contribution in [0.1, 0.15) is 19.7 Å². The molecule has 26 heavy (non-hydrogen) atoms. The second kappa shape index (κ2) is 8.19. The second-order valence-electron chi connectivity index (χ2n) is 6.34. The molecule has 0 aliphatic heterocycles. The number of carbonyl (C=O) groups is 1. The van der Waals surface area contributed by atoms with Crippen molar-refractivity contribution in [2.24, 2.45) is 5.92 Å². The van der Waals surface area contributed by atoms with Gasteiger partial charge >= 0.3 is 0 Å². The Bertz CT molecular complexity index is 862. The molecule has 0 aliphatic rings. The molecule has 3 aromatic rings. The third-order valence-corrected chi connectivity index (χ3v) is 5.43. The first-order chi connectivity index (χ1) is 12.6. The molecule has 1 amide bonds. The molecule has 0 spiro atoms. The summed E-state index contributed by atoms with van der Waals surface area (Å²) in [7, 11) is 0. The molecule has 0 fully saturated rings. The van der Waals surface area contributed by atoms with Gasteiger partial charge in [0.15, 0.2) is 5.16 Å². The number of rotatable bonds is 6. The number of nitrogens with zero attached hydrogens (tertiary/aromatic N) is 3. The van der Waals surface area contributed by atoms with Gasteiger partial charge in [0, 0.05) is 11.4 Å². The van der Waals surface area contributed by atoms with Gasteiger partial charge in [0.2, 0.25) is 5.91 Å². The largest absolute Gasteiger partial charge is 0.325 e. The van der Waals surface area contributed by atoms with Crippen LogP contribution in [0.15, 0.2) is 65.8 Å². The highest BCUT2D eigenvalue weighted by atomic mass is 32.2. The number of carbonyl (C=O) groups excluding carboxylic acids is 1. The van der Waals surface area contributed by atoms with Crippen LogP contribution in [0, 0.1) is 12.8 Å². The number of aryl methyl sites for hydroxylation is 1. The number of aromatic nitrogens is 3. The summed E-state index contributed by atoms with van der Waals surface area (Å²) in [6.45, 7) is 6.00. The fourth-order valence-corrected chi connectivity index (χ4v) is 3.73. The number of hydrogen-bond donors (Lipinski definition) is 1. The fraction of sp³-hybridized carbons (Fsp3) is 0.250. The van der Waals surface area contributed by atoms with Gasteiger partial charge in [0.25, 0.3) is 0 Å². The van der Waals surface area contributed by atoms with Gasteiger partial charge in [-0.15, -0.1) is 10.2 Å². The summed E-state index contributed by atoms with van der Waals surface area (Å²) in [4.78, 5) is 12.8. The highest BCUT2D eigenvalue weighted by molar-refractivity contribution is 8.00. The van der Waals surface area contributed by atoms with Crippen LogP contribution in [0.3, 0.4) is 0 Å². The Morgan fingerprint density at radius 3 is 2.23 bits per heavy atom. The third kappa shape index (κ3) is 4.14. The maximum absolute atomic E-state index is 12.8. The molecule has 1 N–H and O–H groups in total. The Balaban J connectivity index is 1.84. The first-order valence-corrected chi connectivity index (χ1v) is 9.44. The van der Waals surface area contributed by atoms with Gasteiger partial charge in [-0.25, -0.2) is 0 Å². The van der Waals surface area contributed by atoms with E-state index in [-0.39, 0.29) is 17.1 Å². The Kier molecular flexibility index (Phi) is 5.73. The lowest BCUT2D eigenvalue weighted by molar-refractivity contribution is -0.116. The van der Waals surface area contributed by atoms with Crippen molar-refractivity contribution in [3.63, 3.8) is 0 Å². The monoisotopic (exact) mass is 366 g/mol. The molecule has 0 saturated carbocycles. The average Bonchev–Trinajstić information content (AvgIpc) is 3.01. The number of thioether (sulfide) groups is 1. The van der Waals surface area contributed by atoms with Crippen LogP contribution in [0.2, 0.25) is 0 Å². The lowest BCUT2D eigenvalue weighted by Crippen LogP contribution is -2.30. The summed E-state index contributed by atoms with van der Waals surface area (Å²) in [6.07, 6.45) is 0. The first kappa shape index (κ1) is 18.2. The minimum Gasteiger partial charge on any atom is -0.325 e. The van der Waals surface area contributed by atoms with Crippen molar-refractivity contribution in [3.8, 4) is 5.69 Å². The summed E-state index contributed by atoms with van der Waals surface area (Å²) in [5, 5.41) is 11.9. The Morgan fingerprint density at radius 2 is 1.62 bits per heavy atom. The second-order valence-corrected chi connectivity index (χ2v) is 7.45. The SMILES string of the molecule is Cc1nnc(S[C@H](C(=O)Nc2ccccc2)C(C)C)n1-c1ccccc1. The van der Waals surface area contributed by atoms with Gasteiger partial charge in [0.05, 0.1) is 5.25 Å². The van der Waals surface area contributed by atoms with Crippen molar-refractivity contribution in [1.29, 1.82) is 0 Å². The van der Waals surface area contributed by atoms with Crippen molar-refractivity contribution in [2.45, 2.75) is 31.2 Å². The van der Waals surface area contributed by atoms with E-state index in [9.17, 15) is 4.79 Å². The van der Waals surface area contributed by atoms with Gasteiger partial charge in [0.1, 0.15) is 5.82 Å². The topological polar surface area (TPSA) is 59.8 Å². The smallest absolute Gasteiger partial charge is 0.238 e. The molecule has 2 aromatic carbocycles. The summed E-state index contributed by atoms with van der Waals surface area (Å²) in [5.74, 6) is 0.908. The van der Waals surface area contributed by atoms with E-state index in [2.05, 4.69) is 15.5 Å². The predicted molar refractivity (Wildman–Crippen MR) is 106 cm³/mol. The van der Waals surface area contributed by atoms with Crippen LogP contribution in [-0.4, -0.2) is 25.9 Å². The van der Waals surface area contributed by atoms with Crippen molar-refractivity contribution < 1.29 is 4.79 Å². The van der Waals surface area contributed by atoms with E-state index in [0.29, 0.717) is 0 Å². The molecule has 134 valence electrons. The van der Waals surface area contributed by atoms with Crippen LogP contribution in [-0.2, 0) is 4.79 Å². The molecule has 1 aromatic heterocycles. The van der Waals surface area contributed by atoms with Crippen LogP contribution < -0.4 is 5.32 Å². The van der Waals surface area contributed by atoms with E-state index in [1.165, 1.54) is 11.8 Å². The van der Waals surface area contributed by atoms with Gasteiger partial charge in [-0.1, -0.05) is 62.0 Å². The van der Waals surface area contributed by atoms with E-state index in [4.69, 9.17) is 0 Å². The molecule has 0 radical (unpaired) electrons. The van der Waals surface area contributed by atoms with Gasteiger partial charge in [-0.3, -0.25) is 9.36 Å². The van der Waals surface area contributed by atoms with Crippen molar-refractivity contribution >= 4 is 23.4 Å². The zero-order valence-electron chi connectivity index (χ0n) is 15.1. The van der Waals surface area contributed by atoms with E-state index < -0.39 is 0 Å². The zero-order valence-corrected chi connectivity index (χ0v) is 15.9. The van der Waals surface area contributed by atoms with Gasteiger partial charge in [-0.2, -0.15) is 0 Å². The van der Waals surface area contributed by atoms with E-state index in [1.807, 2.05) is 86.0 Å². The molecule has 5 nitrogen and oxygen atoms in total. The molecule has 3 rings (SSSR count). The quantitative estimate of drug-likeness (QED) is 0.660. The lowest BCUT2D eigenvalue weighted by atomic mass is 10.1. The predicted octanol–water partition coefficient (Wildman–Crippen LogP) is 4.33. The molecule has 6 heteroatoms. The van der Waals surface area contributed by atoms with Gasteiger partial charge < -0.3 is 5.32 Å². The number of amides is 1. The van der Waals surface area contributed by atoms with Crippen molar-refractivity contribution in [2.75, 3.05) is 5.32 Å². The highest BCUT2D eigenvalue weighted by Crippen LogP contribution is 2.30. The number of benzene rings is 2. The maximum Gasteiger partial charge on any atom is 0.238 e. The summed E-state index contributed by atoms with van der Waals surface area (Å²) in [5.41, 5.74) is 1.79. The van der Waals surface area contributed by atoms with Crippen LogP contribution >= 0.6 is 11.8 Å². The van der Waals surface area contributed by atoms with Crippen molar-refractivity contribution in [3.05, 3.63) is 66.5 Å². The summed E-state index contributed by atoms with van der Waals surface area (Å²) >= 11 is 1.44. The lowest BCUT2D eigenvalue weighted by Gasteiger charge is -2.20. The molecular weight excluding hydrogens is 344 g/mol. The number of nitrogens with one attached hydrogen (secondary N) is 1. The van der Waals surface area contributed by atoms with E-state index >= 15 is 0 Å². The summed E-state index contributed by atoms with van der Waals surface area (Å²) in [6, 6.07) is 19.5. The first-order valence-electron chi connectivity index (χ1n) is 8.56. The molecule has 1 atom stereocenters. The van der Waals surface area contributed by atoms with Crippen LogP contribution in [0.5, 0.6) is 0 Å². The molecule has 0 saturated heterocycles. The number of anilines is 1. The molecule has 1 heterocycles. The Morgan fingerprint density at radius 1 is 1.00 bits per heavy atom. The molecule has 0 bridgehead atoms. The summed E-state index contributed by atoms with van der Waals surface area (Å²) < 4.78 is 1.98. The maximum atomic E-state index is 12.8.